The number of carbonyl (C=O) groups is 2. The fraction of sp³-hybridized carbons (Fsp3) is 0.889. The Hall–Kier alpha value is -1.14. The van der Waals surface area contributed by atoms with Crippen molar-refractivity contribution in [2.24, 2.45) is 5.92 Å². The molecular weight excluding hydrogens is 308 g/mol. The lowest BCUT2D eigenvalue weighted by Crippen LogP contribution is -2.58. The number of ether oxygens (including phenoxy) is 2. The molecule has 1 amide bonds. The molecule has 0 spiro atoms. The van der Waals surface area contributed by atoms with Crippen LogP contribution in [0.5, 0.6) is 0 Å². The second kappa shape index (κ2) is 6.64. The molecule has 0 aromatic heterocycles. The largest absolute Gasteiger partial charge is 0.458 e. The van der Waals surface area contributed by atoms with Crippen LogP contribution in [0.2, 0.25) is 0 Å². The Bertz CT molecular complexity index is 494. The average molecular weight is 338 g/mol. The highest BCUT2D eigenvalue weighted by molar-refractivity contribution is 5.83. The standard InChI is InChI=1S/C18H30N2O4/c1-18(2,3)24-17(22)15-6-5-14(23-15)16(21)19(4)13-11-20-9-7-12(13)8-10-20/h12-15H,5-11H2,1-4H3/t13?,14-,15+/m0/s1. The van der Waals surface area contributed by atoms with Gasteiger partial charge in [-0.25, -0.2) is 4.79 Å². The molecule has 0 saturated carbocycles. The number of rotatable bonds is 3. The van der Waals surface area contributed by atoms with Crippen LogP contribution in [0.4, 0.5) is 0 Å². The molecule has 2 bridgehead atoms. The van der Waals surface area contributed by atoms with Crippen LogP contribution in [0.25, 0.3) is 0 Å². The van der Waals surface area contributed by atoms with Gasteiger partial charge in [0.1, 0.15) is 11.7 Å². The summed E-state index contributed by atoms with van der Waals surface area (Å²) < 4.78 is 11.1. The Morgan fingerprint density at radius 3 is 2.25 bits per heavy atom. The van der Waals surface area contributed by atoms with Gasteiger partial charge in [-0.1, -0.05) is 0 Å². The summed E-state index contributed by atoms with van der Waals surface area (Å²) in [6.07, 6.45) is 2.37. The van der Waals surface area contributed by atoms with E-state index in [0.717, 1.165) is 19.6 Å². The quantitative estimate of drug-likeness (QED) is 0.729. The van der Waals surface area contributed by atoms with E-state index in [1.54, 1.807) is 0 Å². The molecule has 0 aromatic carbocycles. The third-order valence-electron chi connectivity index (χ3n) is 5.43. The molecule has 1 unspecified atom stereocenters. The molecule has 0 aliphatic carbocycles. The molecule has 4 aliphatic heterocycles. The third kappa shape index (κ3) is 3.75. The molecule has 4 heterocycles. The van der Waals surface area contributed by atoms with Crippen molar-refractivity contribution in [3.05, 3.63) is 0 Å². The third-order valence-corrected chi connectivity index (χ3v) is 5.43. The second-order valence-electron chi connectivity index (χ2n) is 8.38. The minimum absolute atomic E-state index is 0.0137. The SMILES string of the molecule is CN(C(=O)[C@@H]1CC[C@H](C(=O)OC(C)(C)C)O1)C1CN2CCC1CC2. The van der Waals surface area contributed by atoms with Crippen LogP contribution in [0, 0.1) is 5.92 Å². The minimum atomic E-state index is -0.613. The zero-order valence-electron chi connectivity index (χ0n) is 15.3. The molecular formula is C18H30N2O4. The van der Waals surface area contributed by atoms with Crippen LogP contribution in [-0.4, -0.2) is 72.2 Å². The predicted octanol–water partition coefficient (Wildman–Crippen LogP) is 1.43. The van der Waals surface area contributed by atoms with E-state index in [0.29, 0.717) is 18.8 Å². The molecule has 24 heavy (non-hydrogen) atoms. The van der Waals surface area contributed by atoms with Gasteiger partial charge in [-0.3, -0.25) is 4.79 Å². The molecule has 6 heteroatoms. The number of esters is 1. The maximum Gasteiger partial charge on any atom is 0.335 e. The van der Waals surface area contributed by atoms with E-state index in [-0.39, 0.29) is 17.9 Å². The summed E-state index contributed by atoms with van der Waals surface area (Å²) in [5, 5.41) is 0. The first-order chi connectivity index (χ1) is 11.2. The number of nitrogens with zero attached hydrogens (tertiary/aromatic N) is 2. The van der Waals surface area contributed by atoms with Crippen LogP contribution in [0.15, 0.2) is 0 Å². The smallest absolute Gasteiger partial charge is 0.335 e. The summed E-state index contributed by atoms with van der Waals surface area (Å²) in [6, 6.07) is 0.282. The Morgan fingerprint density at radius 2 is 1.71 bits per heavy atom. The first-order valence-corrected chi connectivity index (χ1v) is 9.12. The van der Waals surface area contributed by atoms with E-state index < -0.39 is 17.8 Å². The van der Waals surface area contributed by atoms with E-state index in [1.807, 2.05) is 32.7 Å². The maximum atomic E-state index is 12.8. The number of piperidine rings is 3. The fourth-order valence-electron chi connectivity index (χ4n) is 4.12. The zero-order valence-corrected chi connectivity index (χ0v) is 15.3. The van der Waals surface area contributed by atoms with Crippen molar-refractivity contribution in [3.63, 3.8) is 0 Å². The Balaban J connectivity index is 1.55. The van der Waals surface area contributed by atoms with Gasteiger partial charge in [-0.05, 0) is 65.5 Å². The van der Waals surface area contributed by atoms with Gasteiger partial charge in [0.15, 0.2) is 6.10 Å². The van der Waals surface area contributed by atoms with Gasteiger partial charge in [0, 0.05) is 19.6 Å². The van der Waals surface area contributed by atoms with Crippen molar-refractivity contribution in [3.8, 4) is 0 Å². The van der Waals surface area contributed by atoms with Gasteiger partial charge in [-0.15, -0.1) is 0 Å². The van der Waals surface area contributed by atoms with Crippen LogP contribution in [0.3, 0.4) is 0 Å². The number of hydrogen-bond acceptors (Lipinski definition) is 5. The highest BCUT2D eigenvalue weighted by Gasteiger charge is 2.42. The Morgan fingerprint density at radius 1 is 1.08 bits per heavy atom. The minimum Gasteiger partial charge on any atom is -0.458 e. The van der Waals surface area contributed by atoms with Crippen LogP contribution < -0.4 is 0 Å². The van der Waals surface area contributed by atoms with Crippen molar-refractivity contribution in [1.29, 1.82) is 0 Å². The van der Waals surface area contributed by atoms with E-state index in [2.05, 4.69) is 4.90 Å². The van der Waals surface area contributed by atoms with Gasteiger partial charge in [0.2, 0.25) is 0 Å². The lowest BCUT2D eigenvalue weighted by molar-refractivity contribution is -0.170. The Kier molecular flexibility index (Phi) is 4.89. The summed E-state index contributed by atoms with van der Waals surface area (Å²) >= 11 is 0. The number of fused-ring (bicyclic) bond motifs is 3. The van der Waals surface area contributed by atoms with Gasteiger partial charge in [0.05, 0.1) is 0 Å². The van der Waals surface area contributed by atoms with Gasteiger partial charge >= 0.3 is 5.97 Å². The van der Waals surface area contributed by atoms with Crippen molar-refractivity contribution in [2.45, 2.75) is 70.3 Å². The number of carbonyl (C=O) groups excluding carboxylic acids is 2. The van der Waals surface area contributed by atoms with Gasteiger partial charge < -0.3 is 19.3 Å². The molecule has 0 radical (unpaired) electrons. The molecule has 0 aromatic rings. The summed E-state index contributed by atoms with van der Waals surface area (Å²) in [5.74, 6) is 0.259. The van der Waals surface area contributed by atoms with E-state index in [9.17, 15) is 9.59 Å². The van der Waals surface area contributed by atoms with Gasteiger partial charge in [0.25, 0.3) is 5.91 Å². The first-order valence-electron chi connectivity index (χ1n) is 9.12. The molecule has 6 nitrogen and oxygen atoms in total. The second-order valence-corrected chi connectivity index (χ2v) is 8.38. The van der Waals surface area contributed by atoms with E-state index in [4.69, 9.17) is 9.47 Å². The van der Waals surface area contributed by atoms with E-state index in [1.165, 1.54) is 12.8 Å². The zero-order chi connectivity index (χ0) is 17.5. The topological polar surface area (TPSA) is 59.1 Å². The monoisotopic (exact) mass is 338 g/mol. The summed E-state index contributed by atoms with van der Waals surface area (Å²) in [4.78, 5) is 29.2. The molecule has 4 fully saturated rings. The highest BCUT2D eigenvalue weighted by Crippen LogP contribution is 2.32. The number of hydrogen-bond donors (Lipinski definition) is 0. The van der Waals surface area contributed by atoms with Crippen LogP contribution >= 0.6 is 0 Å². The van der Waals surface area contributed by atoms with Crippen molar-refractivity contribution >= 4 is 11.9 Å². The summed E-state index contributed by atoms with van der Waals surface area (Å²) in [6.45, 7) is 8.79. The predicted molar refractivity (Wildman–Crippen MR) is 89.5 cm³/mol. The highest BCUT2D eigenvalue weighted by atomic mass is 16.6. The molecule has 3 atom stereocenters. The van der Waals surface area contributed by atoms with Crippen LogP contribution in [0.1, 0.15) is 46.5 Å². The molecule has 0 N–H and O–H groups in total. The van der Waals surface area contributed by atoms with Gasteiger partial charge in [-0.2, -0.15) is 0 Å². The van der Waals surface area contributed by atoms with Crippen LogP contribution in [-0.2, 0) is 19.1 Å². The maximum absolute atomic E-state index is 12.8. The first kappa shape index (κ1) is 17.7. The lowest BCUT2D eigenvalue weighted by atomic mass is 9.83. The lowest BCUT2D eigenvalue weighted by Gasteiger charge is -2.48. The van der Waals surface area contributed by atoms with E-state index >= 15 is 0 Å². The van der Waals surface area contributed by atoms with Crippen molar-refractivity contribution in [1.82, 2.24) is 9.80 Å². The molecule has 4 saturated heterocycles. The molecule has 136 valence electrons. The molecule has 4 rings (SSSR count). The molecule has 4 aliphatic rings. The van der Waals surface area contributed by atoms with Crippen molar-refractivity contribution < 1.29 is 19.1 Å². The summed E-state index contributed by atoms with van der Waals surface area (Å²) in [7, 11) is 1.89. The van der Waals surface area contributed by atoms with Crippen molar-refractivity contribution in [2.75, 3.05) is 26.7 Å². The number of likely N-dealkylation sites (N-methyl/N-ethyl adjacent to an activating group) is 1. The Labute approximate surface area is 144 Å². The normalized spacial score (nSPS) is 35.8. The fourth-order valence-corrected chi connectivity index (χ4v) is 4.12. The average Bonchev–Trinajstić information content (AvgIpc) is 3.03. The number of amides is 1. The summed E-state index contributed by atoms with van der Waals surface area (Å²) in [5.41, 5.74) is -0.533.